The summed E-state index contributed by atoms with van der Waals surface area (Å²) in [5.41, 5.74) is 2.66. The molecule has 0 aliphatic heterocycles. The van der Waals surface area contributed by atoms with Crippen LogP contribution >= 0.6 is 11.3 Å². The Kier molecular flexibility index (Phi) is 4.33. The molecule has 2 N–H and O–H groups in total. The number of carbonyl (C=O) groups excluding carboxylic acids is 1. The lowest BCUT2D eigenvalue weighted by Crippen LogP contribution is -2.14. The smallest absolute Gasteiger partial charge is 0.260 e. The van der Waals surface area contributed by atoms with E-state index < -0.39 is 0 Å². The minimum Gasteiger partial charge on any atom is -0.360 e. The first-order valence-corrected chi connectivity index (χ1v) is 10.2. The van der Waals surface area contributed by atoms with Crippen molar-refractivity contribution >= 4 is 38.2 Å². The molecule has 148 valence electrons. The highest BCUT2D eigenvalue weighted by atomic mass is 32.1. The Balaban J connectivity index is 1.55. The average molecular weight is 417 g/mol. The summed E-state index contributed by atoms with van der Waals surface area (Å²) in [4.78, 5) is 37.6. The highest BCUT2D eigenvalue weighted by Crippen LogP contribution is 2.35. The standard InChI is InChI=1S/C23H16FN3O2S/c1-12-20(13-6-8-14(24)9-7-13)21-22(29)26-19(27-23(21)30-12)10-18(28)16-11-25-17-5-3-2-4-15(16)17/h2-9,11,25H,10H2,1H3,(H,26,27,29). The van der Waals surface area contributed by atoms with Crippen LogP contribution in [0.15, 0.2) is 59.5 Å². The number of para-hydroxylation sites is 1. The molecular weight excluding hydrogens is 401 g/mol. The Morgan fingerprint density at radius 3 is 2.70 bits per heavy atom. The fourth-order valence-electron chi connectivity index (χ4n) is 3.76. The fourth-order valence-corrected chi connectivity index (χ4v) is 4.83. The third-order valence-corrected chi connectivity index (χ3v) is 6.14. The number of H-pyrrole nitrogens is 2. The third kappa shape index (κ3) is 3.04. The molecule has 3 aromatic heterocycles. The van der Waals surface area contributed by atoms with Gasteiger partial charge in [0, 0.05) is 33.1 Å². The first-order valence-electron chi connectivity index (χ1n) is 9.39. The minimum atomic E-state index is -0.332. The van der Waals surface area contributed by atoms with Crippen molar-refractivity contribution in [2.75, 3.05) is 0 Å². The monoisotopic (exact) mass is 417 g/mol. The number of aryl methyl sites for hydroxylation is 1. The molecule has 0 atom stereocenters. The lowest BCUT2D eigenvalue weighted by molar-refractivity contribution is 0.0992. The largest absolute Gasteiger partial charge is 0.360 e. The second kappa shape index (κ2) is 7.03. The summed E-state index contributed by atoms with van der Waals surface area (Å²) in [6.45, 7) is 1.90. The van der Waals surface area contributed by atoms with Gasteiger partial charge >= 0.3 is 0 Å². The van der Waals surface area contributed by atoms with E-state index in [-0.39, 0.29) is 23.6 Å². The van der Waals surface area contributed by atoms with Gasteiger partial charge in [-0.25, -0.2) is 9.37 Å². The molecule has 5 nitrogen and oxygen atoms in total. The number of hydrogen-bond acceptors (Lipinski definition) is 4. The summed E-state index contributed by atoms with van der Waals surface area (Å²) in [5.74, 6) is -0.127. The van der Waals surface area contributed by atoms with Gasteiger partial charge in [-0.3, -0.25) is 9.59 Å². The number of nitrogens with one attached hydrogen (secondary N) is 2. The van der Waals surface area contributed by atoms with Crippen LogP contribution in [-0.2, 0) is 6.42 Å². The first kappa shape index (κ1) is 18.4. The second-order valence-electron chi connectivity index (χ2n) is 7.08. The molecule has 0 bridgehead atoms. The van der Waals surface area contributed by atoms with Crippen LogP contribution in [0.5, 0.6) is 0 Å². The SMILES string of the molecule is Cc1sc2nc(CC(=O)c3c[nH]c4ccccc34)[nH]c(=O)c2c1-c1ccc(F)cc1. The Bertz CT molecular complexity index is 1480. The second-order valence-corrected chi connectivity index (χ2v) is 8.28. The number of carbonyl (C=O) groups is 1. The van der Waals surface area contributed by atoms with Crippen molar-refractivity contribution in [3.05, 3.63) is 87.2 Å². The van der Waals surface area contributed by atoms with Gasteiger partial charge in [0.1, 0.15) is 16.5 Å². The van der Waals surface area contributed by atoms with Crippen molar-refractivity contribution in [1.29, 1.82) is 0 Å². The number of thiophene rings is 1. The molecule has 0 radical (unpaired) electrons. The van der Waals surface area contributed by atoms with Crippen molar-refractivity contribution in [3.8, 4) is 11.1 Å². The van der Waals surface area contributed by atoms with Crippen LogP contribution < -0.4 is 5.56 Å². The van der Waals surface area contributed by atoms with Gasteiger partial charge in [-0.1, -0.05) is 30.3 Å². The van der Waals surface area contributed by atoms with Gasteiger partial charge < -0.3 is 9.97 Å². The van der Waals surface area contributed by atoms with Crippen LogP contribution in [0.25, 0.3) is 32.2 Å². The molecule has 0 aliphatic rings. The minimum absolute atomic E-state index is 0.00411. The maximum Gasteiger partial charge on any atom is 0.260 e. The highest BCUT2D eigenvalue weighted by Gasteiger charge is 2.19. The molecule has 0 amide bonds. The van der Waals surface area contributed by atoms with Gasteiger partial charge in [-0.15, -0.1) is 11.3 Å². The summed E-state index contributed by atoms with van der Waals surface area (Å²) in [6.07, 6.45) is 1.68. The predicted octanol–water partition coefficient (Wildman–Crippen LogP) is 5.01. The molecule has 0 aliphatic carbocycles. The van der Waals surface area contributed by atoms with E-state index in [0.717, 1.165) is 26.9 Å². The predicted molar refractivity (Wildman–Crippen MR) is 117 cm³/mol. The molecule has 5 aromatic rings. The van der Waals surface area contributed by atoms with Crippen molar-refractivity contribution in [3.63, 3.8) is 0 Å². The Labute approximate surface area is 174 Å². The topological polar surface area (TPSA) is 78.6 Å². The van der Waals surface area contributed by atoms with Crippen LogP contribution in [0.2, 0.25) is 0 Å². The van der Waals surface area contributed by atoms with Crippen molar-refractivity contribution in [1.82, 2.24) is 15.0 Å². The lowest BCUT2D eigenvalue weighted by atomic mass is 10.0. The average Bonchev–Trinajstić information content (AvgIpc) is 3.29. The number of ketones is 1. The maximum atomic E-state index is 13.3. The number of aromatic amines is 2. The fraction of sp³-hybridized carbons (Fsp3) is 0.0870. The number of rotatable bonds is 4. The summed E-state index contributed by atoms with van der Waals surface area (Å²) in [7, 11) is 0. The van der Waals surface area contributed by atoms with Crippen LogP contribution in [-0.4, -0.2) is 20.7 Å². The zero-order valence-corrected chi connectivity index (χ0v) is 16.8. The molecule has 3 heterocycles. The summed E-state index contributed by atoms with van der Waals surface area (Å²) < 4.78 is 13.3. The Morgan fingerprint density at radius 1 is 1.13 bits per heavy atom. The Hall–Kier alpha value is -3.58. The van der Waals surface area contributed by atoms with Crippen LogP contribution in [0.3, 0.4) is 0 Å². The molecule has 0 saturated carbocycles. The van der Waals surface area contributed by atoms with Gasteiger partial charge in [-0.2, -0.15) is 0 Å². The zero-order valence-electron chi connectivity index (χ0n) is 16.0. The van der Waals surface area contributed by atoms with E-state index >= 15 is 0 Å². The molecule has 30 heavy (non-hydrogen) atoms. The van der Waals surface area contributed by atoms with Crippen molar-refractivity contribution in [2.24, 2.45) is 0 Å². The van der Waals surface area contributed by atoms with Gasteiger partial charge in [0.05, 0.1) is 11.8 Å². The van der Waals surface area contributed by atoms with E-state index in [9.17, 15) is 14.0 Å². The van der Waals surface area contributed by atoms with Crippen LogP contribution in [0.4, 0.5) is 4.39 Å². The van der Waals surface area contributed by atoms with Gasteiger partial charge in [0.2, 0.25) is 0 Å². The maximum absolute atomic E-state index is 13.3. The van der Waals surface area contributed by atoms with E-state index in [1.54, 1.807) is 18.3 Å². The number of fused-ring (bicyclic) bond motifs is 2. The first-order chi connectivity index (χ1) is 14.5. The number of benzene rings is 2. The normalized spacial score (nSPS) is 11.4. The number of nitrogens with zero attached hydrogens (tertiary/aromatic N) is 1. The molecular formula is C23H16FN3O2S. The Morgan fingerprint density at radius 2 is 1.90 bits per heavy atom. The lowest BCUT2D eigenvalue weighted by Gasteiger charge is -2.03. The van der Waals surface area contributed by atoms with E-state index in [4.69, 9.17) is 0 Å². The number of aromatic nitrogens is 3. The number of hydrogen-bond donors (Lipinski definition) is 2. The van der Waals surface area contributed by atoms with E-state index in [2.05, 4.69) is 15.0 Å². The molecule has 0 spiro atoms. The van der Waals surface area contributed by atoms with Crippen molar-refractivity contribution in [2.45, 2.75) is 13.3 Å². The van der Waals surface area contributed by atoms with Crippen molar-refractivity contribution < 1.29 is 9.18 Å². The molecule has 0 unspecified atom stereocenters. The number of Topliss-reactive ketones (excluding diaryl/α,β-unsaturated/α-hetero) is 1. The highest BCUT2D eigenvalue weighted by molar-refractivity contribution is 7.19. The molecule has 5 rings (SSSR count). The molecule has 0 fully saturated rings. The summed E-state index contributed by atoms with van der Waals surface area (Å²) >= 11 is 1.39. The number of halogens is 1. The summed E-state index contributed by atoms with van der Waals surface area (Å²) in [6, 6.07) is 13.6. The van der Waals surface area contributed by atoms with E-state index in [1.165, 1.54) is 23.5 Å². The van der Waals surface area contributed by atoms with Gasteiger partial charge in [-0.05, 0) is 30.7 Å². The summed E-state index contributed by atoms with van der Waals surface area (Å²) in [5, 5.41) is 1.31. The van der Waals surface area contributed by atoms with E-state index in [1.807, 2.05) is 31.2 Å². The molecule has 0 saturated heterocycles. The van der Waals surface area contributed by atoms with Crippen LogP contribution in [0, 0.1) is 12.7 Å². The van der Waals surface area contributed by atoms with E-state index in [0.29, 0.717) is 21.6 Å². The zero-order chi connectivity index (χ0) is 20.8. The van der Waals surface area contributed by atoms with Gasteiger partial charge in [0.25, 0.3) is 5.56 Å². The molecule has 7 heteroatoms. The third-order valence-electron chi connectivity index (χ3n) is 5.14. The van der Waals surface area contributed by atoms with Crippen LogP contribution in [0.1, 0.15) is 21.1 Å². The van der Waals surface area contributed by atoms with Gasteiger partial charge in [0.15, 0.2) is 5.78 Å². The molecule has 2 aromatic carbocycles. The quantitative estimate of drug-likeness (QED) is 0.404.